The fourth-order valence-electron chi connectivity index (χ4n) is 8.72. The molecule has 0 rings (SSSR count). The van der Waals surface area contributed by atoms with Crippen LogP contribution in [0.1, 0.15) is 310 Å². The highest BCUT2D eigenvalue weighted by Crippen LogP contribution is 2.17. The molecule has 1 atom stereocenters. The summed E-state index contributed by atoms with van der Waals surface area (Å²) in [6.45, 7) is 6.54. The Hall–Kier alpha value is -2.89. The minimum Gasteiger partial charge on any atom is -0.462 e. The molecule has 0 saturated carbocycles. The van der Waals surface area contributed by atoms with Gasteiger partial charge in [-0.3, -0.25) is 14.4 Å². The van der Waals surface area contributed by atoms with Crippen LogP contribution >= 0.6 is 0 Å². The van der Waals surface area contributed by atoms with Gasteiger partial charge in [0.05, 0.1) is 0 Å². The summed E-state index contributed by atoms with van der Waals surface area (Å²) in [5.74, 6) is -0.874. The summed E-state index contributed by atoms with van der Waals surface area (Å²) in [7, 11) is 0. The topological polar surface area (TPSA) is 78.9 Å². The van der Waals surface area contributed by atoms with Gasteiger partial charge in [0.15, 0.2) is 6.10 Å². The first-order chi connectivity index (χ1) is 34.5. The normalized spacial score (nSPS) is 12.4. The lowest BCUT2D eigenvalue weighted by atomic mass is 10.0. The fraction of sp³-hybridized carbons (Fsp3) is 0.797. The van der Waals surface area contributed by atoms with Crippen LogP contribution in [0.25, 0.3) is 0 Å². The van der Waals surface area contributed by atoms with E-state index in [1.54, 1.807) is 0 Å². The zero-order chi connectivity index (χ0) is 50.7. The van der Waals surface area contributed by atoms with Crippen LogP contribution in [0.4, 0.5) is 0 Å². The molecule has 1 unspecified atom stereocenters. The van der Waals surface area contributed by atoms with E-state index < -0.39 is 6.10 Å². The molecule has 0 aliphatic rings. The van der Waals surface area contributed by atoms with Crippen molar-refractivity contribution in [2.45, 2.75) is 316 Å². The molecule has 0 aliphatic heterocycles. The predicted octanol–water partition coefficient (Wildman–Crippen LogP) is 20.4. The zero-order valence-electron chi connectivity index (χ0n) is 46.5. The highest BCUT2D eigenvalue weighted by Gasteiger charge is 2.19. The Morgan fingerprint density at radius 1 is 0.300 bits per heavy atom. The van der Waals surface area contributed by atoms with Gasteiger partial charge in [0.25, 0.3) is 0 Å². The Balaban J connectivity index is 4.37. The van der Waals surface area contributed by atoms with Gasteiger partial charge in [-0.1, -0.05) is 268 Å². The van der Waals surface area contributed by atoms with Crippen molar-refractivity contribution in [3.05, 3.63) is 60.8 Å². The molecule has 0 fully saturated rings. The van der Waals surface area contributed by atoms with Gasteiger partial charge in [-0.05, 0) is 83.5 Å². The summed E-state index contributed by atoms with van der Waals surface area (Å²) in [6.07, 6.45) is 73.5. The summed E-state index contributed by atoms with van der Waals surface area (Å²) >= 11 is 0. The molecule has 0 aromatic heterocycles. The van der Waals surface area contributed by atoms with Crippen LogP contribution in [0.5, 0.6) is 0 Å². The maximum Gasteiger partial charge on any atom is 0.306 e. The third kappa shape index (κ3) is 56.0. The van der Waals surface area contributed by atoms with E-state index in [4.69, 9.17) is 14.2 Å². The van der Waals surface area contributed by atoms with Crippen LogP contribution in [0, 0.1) is 0 Å². The van der Waals surface area contributed by atoms with Crippen LogP contribution in [-0.2, 0) is 28.6 Å². The van der Waals surface area contributed by atoms with Crippen molar-refractivity contribution >= 4 is 17.9 Å². The highest BCUT2D eigenvalue weighted by molar-refractivity contribution is 5.71. The van der Waals surface area contributed by atoms with Crippen molar-refractivity contribution in [2.75, 3.05) is 13.2 Å². The van der Waals surface area contributed by atoms with Crippen LogP contribution in [0.3, 0.4) is 0 Å². The maximum atomic E-state index is 12.9. The van der Waals surface area contributed by atoms with Gasteiger partial charge in [0.1, 0.15) is 13.2 Å². The van der Waals surface area contributed by atoms with Crippen molar-refractivity contribution in [1.29, 1.82) is 0 Å². The molecule has 0 radical (unpaired) electrons. The minimum atomic E-state index is -0.779. The van der Waals surface area contributed by atoms with Gasteiger partial charge in [0.2, 0.25) is 0 Å². The van der Waals surface area contributed by atoms with Gasteiger partial charge in [-0.15, -0.1) is 0 Å². The molecule has 0 aromatic rings. The monoisotopic (exact) mass is 979 g/mol. The van der Waals surface area contributed by atoms with E-state index in [-0.39, 0.29) is 31.1 Å². The lowest BCUT2D eigenvalue weighted by Crippen LogP contribution is -2.30. The van der Waals surface area contributed by atoms with E-state index in [2.05, 4.69) is 81.5 Å². The minimum absolute atomic E-state index is 0.0760. The van der Waals surface area contributed by atoms with E-state index in [0.29, 0.717) is 19.3 Å². The van der Waals surface area contributed by atoms with E-state index in [0.717, 1.165) is 89.9 Å². The number of allylic oxidation sites excluding steroid dienone is 10. The third-order valence-electron chi connectivity index (χ3n) is 13.3. The van der Waals surface area contributed by atoms with Gasteiger partial charge in [-0.25, -0.2) is 0 Å². The predicted molar refractivity (Wildman–Crippen MR) is 302 cm³/mol. The molecule has 0 amide bonds. The van der Waals surface area contributed by atoms with E-state index in [9.17, 15) is 14.4 Å². The third-order valence-corrected chi connectivity index (χ3v) is 13.3. The van der Waals surface area contributed by atoms with Gasteiger partial charge < -0.3 is 14.2 Å². The Kier molecular flexibility index (Phi) is 56.3. The van der Waals surface area contributed by atoms with Gasteiger partial charge in [0, 0.05) is 19.3 Å². The first kappa shape index (κ1) is 67.1. The van der Waals surface area contributed by atoms with Crippen molar-refractivity contribution in [2.24, 2.45) is 0 Å². The second kappa shape index (κ2) is 58.7. The Morgan fingerprint density at radius 2 is 0.557 bits per heavy atom. The first-order valence-corrected chi connectivity index (χ1v) is 30.3. The molecule has 0 bridgehead atoms. The van der Waals surface area contributed by atoms with Gasteiger partial charge in [-0.2, -0.15) is 0 Å². The van der Waals surface area contributed by atoms with Crippen LogP contribution in [-0.4, -0.2) is 37.2 Å². The molecule has 0 N–H and O–H groups in total. The Labute approximate surface area is 434 Å². The number of hydrogen-bond acceptors (Lipinski definition) is 6. The van der Waals surface area contributed by atoms with E-state index in [1.165, 1.54) is 180 Å². The standard InChI is InChI=1S/C64H114O6/c1-4-7-10-13-16-19-22-25-28-31-32-34-36-39-42-45-48-51-54-57-63(66)69-60-61(59-68-62(65)56-53-50-47-44-41-38-35-30-27-24-21-18-15-12-9-6-3)70-64(67)58-55-52-49-46-43-40-37-33-29-26-23-20-17-14-11-8-5-2/h7,10,16-17,19-20,25-26,28-29,61H,4-6,8-9,11-15,18,21-24,27,30-60H2,1-3H3/b10-7-,19-16-,20-17-,28-25-,29-26-. The number of carbonyl (C=O) groups is 3. The van der Waals surface area contributed by atoms with Crippen LogP contribution < -0.4 is 0 Å². The van der Waals surface area contributed by atoms with Crippen LogP contribution in [0.15, 0.2) is 60.8 Å². The molecule has 0 spiro atoms. The molecular formula is C64H114O6. The van der Waals surface area contributed by atoms with Crippen molar-refractivity contribution in [3.63, 3.8) is 0 Å². The summed E-state index contributed by atoms with van der Waals surface area (Å²) < 4.78 is 16.9. The number of unbranched alkanes of at least 4 members (excludes halogenated alkanes) is 34. The molecule has 0 aliphatic carbocycles. The van der Waals surface area contributed by atoms with Crippen molar-refractivity contribution < 1.29 is 28.6 Å². The van der Waals surface area contributed by atoms with Crippen molar-refractivity contribution in [1.82, 2.24) is 0 Å². The van der Waals surface area contributed by atoms with Crippen LogP contribution in [0.2, 0.25) is 0 Å². The molecule has 406 valence electrons. The smallest absolute Gasteiger partial charge is 0.306 e. The van der Waals surface area contributed by atoms with E-state index >= 15 is 0 Å². The maximum absolute atomic E-state index is 12.9. The number of esters is 3. The SMILES string of the molecule is CC/C=C\C/C=C\C/C=C\CCCCCCCCCCCC(=O)OCC(COC(=O)CCCCCCCCCCCCCCCCCC)OC(=O)CCCCCCCCC/C=C\C/C=C\CCCCC. The molecule has 0 saturated heterocycles. The molecule has 70 heavy (non-hydrogen) atoms. The average molecular weight is 980 g/mol. The second-order valence-corrected chi connectivity index (χ2v) is 20.2. The zero-order valence-corrected chi connectivity index (χ0v) is 46.5. The summed E-state index contributed by atoms with van der Waals surface area (Å²) in [5.41, 5.74) is 0. The Bertz CT molecular complexity index is 1260. The molecule has 0 aromatic carbocycles. The highest BCUT2D eigenvalue weighted by atomic mass is 16.6. The number of rotatable bonds is 55. The fourth-order valence-corrected chi connectivity index (χ4v) is 8.72. The van der Waals surface area contributed by atoms with Crippen molar-refractivity contribution in [3.8, 4) is 0 Å². The second-order valence-electron chi connectivity index (χ2n) is 20.2. The molecule has 6 nitrogen and oxygen atoms in total. The summed E-state index contributed by atoms with van der Waals surface area (Å²) in [6, 6.07) is 0. The molecule has 6 heteroatoms. The average Bonchev–Trinajstić information content (AvgIpc) is 3.36. The lowest BCUT2D eigenvalue weighted by Gasteiger charge is -2.18. The lowest BCUT2D eigenvalue weighted by molar-refractivity contribution is -0.167. The largest absolute Gasteiger partial charge is 0.462 e. The molecular weight excluding hydrogens is 865 g/mol. The number of hydrogen-bond donors (Lipinski definition) is 0. The molecule has 0 heterocycles. The quantitative estimate of drug-likeness (QED) is 0.0261. The van der Waals surface area contributed by atoms with E-state index in [1.807, 2.05) is 0 Å². The number of ether oxygens (including phenoxy) is 3. The first-order valence-electron chi connectivity index (χ1n) is 30.3. The Morgan fingerprint density at radius 3 is 0.900 bits per heavy atom. The summed E-state index contributed by atoms with van der Waals surface area (Å²) in [5, 5.41) is 0. The van der Waals surface area contributed by atoms with Gasteiger partial charge >= 0.3 is 17.9 Å². The summed E-state index contributed by atoms with van der Waals surface area (Å²) in [4.78, 5) is 38.3. The number of carbonyl (C=O) groups excluding carboxylic acids is 3.